The molecule has 220 valence electrons. The van der Waals surface area contributed by atoms with E-state index in [-0.39, 0.29) is 56.2 Å². The van der Waals surface area contributed by atoms with E-state index in [0.29, 0.717) is 6.61 Å². The van der Waals surface area contributed by atoms with Gasteiger partial charge in [-0.05, 0) is 36.2 Å². The molecule has 0 bridgehead atoms. The second-order valence-electron chi connectivity index (χ2n) is 11.5. The maximum atomic E-state index is 15.0. The van der Waals surface area contributed by atoms with Crippen LogP contribution in [0.2, 0.25) is 25.7 Å². The van der Waals surface area contributed by atoms with Gasteiger partial charge in [-0.3, -0.25) is 4.79 Å². The van der Waals surface area contributed by atoms with Crippen LogP contribution in [-0.2, 0) is 33.6 Å². The number of ketones is 1. The van der Waals surface area contributed by atoms with E-state index in [1.807, 2.05) is 0 Å². The Morgan fingerprint density at radius 1 is 1.22 bits per heavy atom. The third-order valence-electron chi connectivity index (χ3n) is 6.80. The molecular weight excluding hydrogens is 565 g/mol. The van der Waals surface area contributed by atoms with Crippen LogP contribution in [-0.4, -0.2) is 43.2 Å². The Labute approximate surface area is 234 Å². The number of benzene rings is 1. The molecule has 0 saturated carbocycles. The van der Waals surface area contributed by atoms with Gasteiger partial charge in [0, 0.05) is 39.9 Å². The Bertz CT molecular complexity index is 1450. The number of nitriles is 1. The van der Waals surface area contributed by atoms with E-state index in [0.717, 1.165) is 30.4 Å². The average molecular weight is 596 g/mol. The van der Waals surface area contributed by atoms with Crippen molar-refractivity contribution in [3.63, 3.8) is 0 Å². The standard InChI is InChI=1S/C28H30F5N3O4Si/c1-41(2,3)9-8-38-17-36-13-20(28(31,32)33)24-23(5-7-35-26(24)36)40-25-21(29)11-18(12-22(25)30)10-19(37)4-6-27(14-34)15-39-16-27/h5,7,11-13H,4,6,8-10,15-17H2,1-3H3. The number of Topliss-reactive ketones (excluding diaryl/α,β-unsaturated/α-hetero) is 1. The van der Waals surface area contributed by atoms with Gasteiger partial charge in [0.25, 0.3) is 0 Å². The summed E-state index contributed by atoms with van der Waals surface area (Å²) in [4.78, 5) is 16.4. The third kappa shape index (κ3) is 7.30. The summed E-state index contributed by atoms with van der Waals surface area (Å²) in [7, 11) is -1.42. The highest BCUT2D eigenvalue weighted by Gasteiger charge is 2.39. The molecule has 0 aliphatic carbocycles. The maximum absolute atomic E-state index is 15.0. The monoisotopic (exact) mass is 595 g/mol. The number of hydrogen-bond donors (Lipinski definition) is 0. The van der Waals surface area contributed by atoms with Gasteiger partial charge >= 0.3 is 6.18 Å². The SMILES string of the molecule is C[Si](C)(C)CCOCn1cc(C(F)(F)F)c2c(Oc3c(F)cc(CC(=O)CCC4(C#N)COC4)cc3F)ccnc21. The van der Waals surface area contributed by atoms with Crippen molar-refractivity contribution in [1.82, 2.24) is 9.55 Å². The Kier molecular flexibility index (Phi) is 8.86. The lowest BCUT2D eigenvalue weighted by Crippen LogP contribution is -2.41. The fourth-order valence-electron chi connectivity index (χ4n) is 4.36. The molecule has 1 saturated heterocycles. The Hall–Kier alpha value is -3.34. The van der Waals surface area contributed by atoms with Crippen LogP contribution in [0.1, 0.15) is 24.0 Å². The number of nitrogens with zero attached hydrogens (tertiary/aromatic N) is 3. The number of rotatable bonds is 12. The molecule has 3 aromatic rings. The van der Waals surface area contributed by atoms with Crippen molar-refractivity contribution >= 4 is 24.9 Å². The Morgan fingerprint density at radius 2 is 1.90 bits per heavy atom. The molecule has 0 amide bonds. The van der Waals surface area contributed by atoms with Gasteiger partial charge in [-0.1, -0.05) is 19.6 Å². The lowest BCUT2D eigenvalue weighted by atomic mass is 9.82. The molecule has 0 radical (unpaired) electrons. The van der Waals surface area contributed by atoms with Crippen molar-refractivity contribution in [1.29, 1.82) is 5.26 Å². The quantitative estimate of drug-likeness (QED) is 0.129. The minimum absolute atomic E-state index is 0.0330. The molecule has 1 fully saturated rings. The van der Waals surface area contributed by atoms with E-state index >= 15 is 0 Å². The predicted molar refractivity (Wildman–Crippen MR) is 142 cm³/mol. The first-order valence-corrected chi connectivity index (χ1v) is 16.7. The van der Waals surface area contributed by atoms with Crippen molar-refractivity contribution in [3.8, 4) is 17.6 Å². The zero-order chi connectivity index (χ0) is 30.0. The Morgan fingerprint density at radius 3 is 2.46 bits per heavy atom. The molecule has 7 nitrogen and oxygen atoms in total. The summed E-state index contributed by atoms with van der Waals surface area (Å²) in [5.41, 5.74) is -1.88. The summed E-state index contributed by atoms with van der Waals surface area (Å²) in [6.45, 7) is 7.08. The van der Waals surface area contributed by atoms with E-state index in [1.165, 1.54) is 10.8 Å². The summed E-state index contributed by atoms with van der Waals surface area (Å²) < 4.78 is 89.1. The number of carbonyl (C=O) groups excluding carboxylic acids is 1. The van der Waals surface area contributed by atoms with Gasteiger partial charge in [-0.25, -0.2) is 13.8 Å². The van der Waals surface area contributed by atoms with Gasteiger partial charge in [-0.15, -0.1) is 0 Å². The topological polar surface area (TPSA) is 86.4 Å². The van der Waals surface area contributed by atoms with Gasteiger partial charge in [0.05, 0.1) is 30.2 Å². The molecule has 1 aromatic carbocycles. The first-order valence-electron chi connectivity index (χ1n) is 13.0. The van der Waals surface area contributed by atoms with Crippen LogP contribution in [0, 0.1) is 28.4 Å². The largest absolute Gasteiger partial charge is 0.450 e. The number of halogens is 5. The van der Waals surface area contributed by atoms with Crippen molar-refractivity contribution in [3.05, 3.63) is 53.4 Å². The fourth-order valence-corrected chi connectivity index (χ4v) is 5.11. The molecule has 41 heavy (non-hydrogen) atoms. The second-order valence-corrected chi connectivity index (χ2v) is 17.1. The van der Waals surface area contributed by atoms with Crippen LogP contribution >= 0.6 is 0 Å². The van der Waals surface area contributed by atoms with Crippen LogP contribution < -0.4 is 4.74 Å². The summed E-state index contributed by atoms with van der Waals surface area (Å²) >= 11 is 0. The van der Waals surface area contributed by atoms with Crippen molar-refractivity contribution < 1.29 is 41.0 Å². The highest BCUT2D eigenvalue weighted by Crippen LogP contribution is 2.42. The van der Waals surface area contributed by atoms with Gasteiger partial charge in [-0.2, -0.15) is 18.4 Å². The number of hydrogen-bond acceptors (Lipinski definition) is 6. The summed E-state index contributed by atoms with van der Waals surface area (Å²) in [5.74, 6) is -4.02. The fraction of sp³-hybridized carbons (Fsp3) is 0.464. The molecule has 1 aliphatic heterocycles. The van der Waals surface area contributed by atoms with Crippen LogP contribution in [0.3, 0.4) is 0 Å². The first-order chi connectivity index (χ1) is 19.2. The van der Waals surface area contributed by atoms with E-state index in [9.17, 15) is 32.0 Å². The van der Waals surface area contributed by atoms with Crippen molar-refractivity contribution in [2.45, 2.75) is 57.9 Å². The van der Waals surface area contributed by atoms with Gasteiger partial charge < -0.3 is 18.8 Å². The molecule has 4 rings (SSSR count). The second kappa shape index (κ2) is 11.9. The van der Waals surface area contributed by atoms with Crippen LogP contribution in [0.15, 0.2) is 30.6 Å². The summed E-state index contributed by atoms with van der Waals surface area (Å²) in [6.07, 6.45) is -2.76. The first kappa shape index (κ1) is 30.6. The molecule has 0 N–H and O–H groups in total. The third-order valence-corrected chi connectivity index (χ3v) is 8.50. The molecule has 3 heterocycles. The predicted octanol–water partition coefficient (Wildman–Crippen LogP) is 6.87. The molecule has 0 unspecified atom stereocenters. The number of fused-ring (bicyclic) bond motifs is 1. The smallest absolute Gasteiger partial charge is 0.418 e. The number of ether oxygens (including phenoxy) is 3. The van der Waals surface area contributed by atoms with Crippen molar-refractivity contribution in [2.75, 3.05) is 19.8 Å². The van der Waals surface area contributed by atoms with E-state index < -0.39 is 53.7 Å². The zero-order valence-corrected chi connectivity index (χ0v) is 23.9. The number of alkyl halides is 3. The highest BCUT2D eigenvalue weighted by atomic mass is 28.3. The molecule has 2 aromatic heterocycles. The van der Waals surface area contributed by atoms with E-state index in [2.05, 4.69) is 30.7 Å². The lowest BCUT2D eigenvalue weighted by molar-refractivity contribution is -0.136. The van der Waals surface area contributed by atoms with Crippen LogP contribution in [0.25, 0.3) is 11.0 Å². The minimum Gasteiger partial charge on any atom is -0.450 e. The van der Waals surface area contributed by atoms with Crippen molar-refractivity contribution in [2.24, 2.45) is 5.41 Å². The van der Waals surface area contributed by atoms with Crippen LogP contribution in [0.5, 0.6) is 11.5 Å². The summed E-state index contributed by atoms with van der Waals surface area (Å²) in [5, 5.41) is 8.78. The van der Waals surface area contributed by atoms with Crippen LogP contribution in [0.4, 0.5) is 22.0 Å². The molecule has 0 atom stereocenters. The molecule has 1 aliphatic rings. The Balaban J connectivity index is 1.55. The summed E-state index contributed by atoms with van der Waals surface area (Å²) in [6, 6.07) is 5.86. The molecule has 13 heteroatoms. The van der Waals surface area contributed by atoms with E-state index in [4.69, 9.17) is 14.2 Å². The molecule has 0 spiro atoms. The minimum atomic E-state index is -4.81. The number of carbonyl (C=O) groups is 1. The van der Waals surface area contributed by atoms with Gasteiger partial charge in [0.2, 0.25) is 0 Å². The molecular formula is C28H30F5N3O4Si. The van der Waals surface area contributed by atoms with Gasteiger partial charge in [0.1, 0.15) is 29.3 Å². The normalized spacial score (nSPS) is 15.0. The maximum Gasteiger partial charge on any atom is 0.418 e. The highest BCUT2D eigenvalue weighted by molar-refractivity contribution is 6.76. The lowest BCUT2D eigenvalue weighted by Gasteiger charge is -2.34. The van der Waals surface area contributed by atoms with Gasteiger partial charge in [0.15, 0.2) is 17.4 Å². The zero-order valence-electron chi connectivity index (χ0n) is 22.9. The number of pyridine rings is 1. The van der Waals surface area contributed by atoms with E-state index in [1.54, 1.807) is 0 Å². The number of aromatic nitrogens is 2. The average Bonchev–Trinajstić information content (AvgIpc) is 3.23.